The molecule has 0 spiro atoms. The van der Waals surface area contributed by atoms with E-state index in [4.69, 9.17) is 9.47 Å². The van der Waals surface area contributed by atoms with Crippen LogP contribution in [0.5, 0.6) is 11.5 Å². The molecule has 1 N–H and O–H groups in total. The molecule has 39 heavy (non-hydrogen) atoms. The van der Waals surface area contributed by atoms with Gasteiger partial charge in [0.1, 0.15) is 17.5 Å². The summed E-state index contributed by atoms with van der Waals surface area (Å²) < 4.78 is 37.0. The van der Waals surface area contributed by atoms with Gasteiger partial charge in [0.15, 0.2) is 0 Å². The van der Waals surface area contributed by atoms with E-state index < -0.39 is 16.1 Å². The first-order valence-electron chi connectivity index (χ1n) is 13.5. The van der Waals surface area contributed by atoms with Crippen LogP contribution in [-0.4, -0.2) is 64.2 Å². The van der Waals surface area contributed by atoms with Gasteiger partial charge in [-0.05, 0) is 56.0 Å². The second kappa shape index (κ2) is 14.2. The van der Waals surface area contributed by atoms with Gasteiger partial charge in [-0.15, -0.1) is 0 Å². The highest BCUT2D eigenvalue weighted by Crippen LogP contribution is 2.24. The van der Waals surface area contributed by atoms with Crippen LogP contribution in [0.2, 0.25) is 0 Å². The highest BCUT2D eigenvalue weighted by molar-refractivity contribution is 7.92. The van der Waals surface area contributed by atoms with Gasteiger partial charge in [0, 0.05) is 31.6 Å². The molecule has 1 fully saturated rings. The van der Waals surface area contributed by atoms with E-state index in [0.717, 1.165) is 37.5 Å². The maximum Gasteiger partial charge on any atom is 0.242 e. The largest absolute Gasteiger partial charge is 0.497 e. The lowest BCUT2D eigenvalue weighted by Gasteiger charge is -2.31. The van der Waals surface area contributed by atoms with Crippen molar-refractivity contribution in [3.63, 3.8) is 0 Å². The van der Waals surface area contributed by atoms with Gasteiger partial charge in [-0.2, -0.15) is 0 Å². The monoisotopic (exact) mass is 559 g/mol. The number of nitrogens with one attached hydrogen (secondary N) is 1. The summed E-state index contributed by atoms with van der Waals surface area (Å²) in [4.78, 5) is 28.3. The number of sulfonamides is 1. The van der Waals surface area contributed by atoms with Gasteiger partial charge in [-0.3, -0.25) is 13.9 Å². The van der Waals surface area contributed by atoms with Crippen molar-refractivity contribution in [3.8, 4) is 11.5 Å². The smallest absolute Gasteiger partial charge is 0.242 e. The Bertz CT molecular complexity index is 1210. The number of nitrogens with zero attached hydrogens (tertiary/aromatic N) is 2. The summed E-state index contributed by atoms with van der Waals surface area (Å²) in [6, 6.07) is 13.7. The standard InChI is InChI=1S/C29H41N3O6S/c1-22(29(34)30-24-12-6-5-7-13-24)31(21-23-11-8-15-26(19-23)37-2)28(33)17-10-18-32(39(4,35)36)25-14-9-16-27(20-25)38-3/h8-9,11,14-16,19-20,22,24H,5-7,10,12-13,17-18,21H2,1-4H3,(H,30,34). The number of methoxy groups -OCH3 is 2. The molecule has 0 radical (unpaired) electrons. The van der Waals surface area contributed by atoms with Crippen LogP contribution in [0.4, 0.5) is 5.69 Å². The van der Waals surface area contributed by atoms with Crippen LogP contribution in [0.3, 0.4) is 0 Å². The molecule has 1 unspecified atom stereocenters. The third-order valence-corrected chi connectivity index (χ3v) is 8.29. The molecule has 214 valence electrons. The van der Waals surface area contributed by atoms with E-state index in [2.05, 4.69) is 5.32 Å². The van der Waals surface area contributed by atoms with Crippen LogP contribution in [0, 0.1) is 0 Å². The predicted molar refractivity (Wildman–Crippen MR) is 152 cm³/mol. The fraction of sp³-hybridized carbons (Fsp3) is 0.517. The zero-order valence-electron chi connectivity index (χ0n) is 23.4. The molecule has 0 bridgehead atoms. The van der Waals surface area contributed by atoms with Gasteiger partial charge in [0.05, 0.1) is 26.2 Å². The van der Waals surface area contributed by atoms with Crippen LogP contribution in [0.25, 0.3) is 0 Å². The third kappa shape index (κ3) is 8.88. The molecule has 9 nitrogen and oxygen atoms in total. The molecule has 0 aliphatic heterocycles. The molecule has 0 heterocycles. The molecular formula is C29H41N3O6S. The minimum atomic E-state index is -3.59. The molecule has 1 atom stereocenters. The van der Waals surface area contributed by atoms with Crippen LogP contribution in [-0.2, 0) is 26.2 Å². The Balaban J connectivity index is 1.74. The lowest BCUT2D eigenvalue weighted by atomic mass is 9.95. The molecule has 2 amide bonds. The van der Waals surface area contributed by atoms with Crippen molar-refractivity contribution in [1.29, 1.82) is 0 Å². The van der Waals surface area contributed by atoms with Gasteiger partial charge < -0.3 is 19.7 Å². The normalized spacial score (nSPS) is 14.8. The average Bonchev–Trinajstić information content (AvgIpc) is 2.93. The molecule has 1 aliphatic rings. The van der Waals surface area contributed by atoms with E-state index in [1.807, 2.05) is 24.3 Å². The van der Waals surface area contributed by atoms with E-state index in [0.29, 0.717) is 17.2 Å². The summed E-state index contributed by atoms with van der Waals surface area (Å²) in [6.07, 6.45) is 6.78. The highest BCUT2D eigenvalue weighted by Gasteiger charge is 2.28. The summed E-state index contributed by atoms with van der Waals surface area (Å²) in [5, 5.41) is 3.13. The first kappa shape index (κ1) is 30.3. The Morgan fingerprint density at radius 1 is 1.00 bits per heavy atom. The number of rotatable bonds is 13. The van der Waals surface area contributed by atoms with Gasteiger partial charge in [-0.25, -0.2) is 8.42 Å². The number of ether oxygens (including phenoxy) is 2. The highest BCUT2D eigenvalue weighted by atomic mass is 32.2. The van der Waals surface area contributed by atoms with E-state index in [9.17, 15) is 18.0 Å². The first-order valence-corrected chi connectivity index (χ1v) is 15.3. The van der Waals surface area contributed by atoms with Crippen LogP contribution in [0.1, 0.15) is 57.4 Å². The Kier molecular flexibility index (Phi) is 11.0. The number of hydrogen-bond donors (Lipinski definition) is 1. The molecule has 2 aromatic carbocycles. The zero-order chi connectivity index (χ0) is 28.4. The topological polar surface area (TPSA) is 105 Å². The van der Waals surface area contributed by atoms with Crippen molar-refractivity contribution in [3.05, 3.63) is 54.1 Å². The van der Waals surface area contributed by atoms with Gasteiger partial charge in [0.25, 0.3) is 0 Å². The average molecular weight is 560 g/mol. The number of anilines is 1. The second-order valence-electron chi connectivity index (χ2n) is 10.0. The molecule has 2 aromatic rings. The van der Waals surface area contributed by atoms with Crippen molar-refractivity contribution < 1.29 is 27.5 Å². The molecule has 0 aromatic heterocycles. The fourth-order valence-corrected chi connectivity index (χ4v) is 5.85. The van der Waals surface area contributed by atoms with Gasteiger partial charge in [0.2, 0.25) is 21.8 Å². The molecule has 1 aliphatic carbocycles. The quantitative estimate of drug-likeness (QED) is 0.396. The first-order chi connectivity index (χ1) is 18.6. The SMILES string of the molecule is COc1cccc(CN(C(=O)CCCN(c2cccc(OC)c2)S(C)(=O)=O)C(C)C(=O)NC2CCCCC2)c1. The maximum absolute atomic E-state index is 13.5. The van der Waals surface area contributed by atoms with Crippen molar-refractivity contribution in [2.24, 2.45) is 0 Å². The van der Waals surface area contributed by atoms with Crippen molar-refractivity contribution >= 4 is 27.5 Å². The Hall–Kier alpha value is -3.27. The number of carbonyl (C=O) groups excluding carboxylic acids is 2. The van der Waals surface area contributed by atoms with E-state index in [-0.39, 0.29) is 43.8 Å². The Morgan fingerprint density at radius 2 is 1.64 bits per heavy atom. The summed E-state index contributed by atoms with van der Waals surface area (Å²) in [7, 11) is -0.488. The minimum absolute atomic E-state index is 0.0843. The molecule has 10 heteroatoms. The van der Waals surface area contributed by atoms with Crippen LogP contribution < -0.4 is 19.1 Å². The van der Waals surface area contributed by atoms with Crippen molar-refractivity contribution in [2.45, 2.75) is 70.5 Å². The third-order valence-electron chi connectivity index (χ3n) is 7.10. The van der Waals surface area contributed by atoms with Crippen LogP contribution in [0.15, 0.2) is 48.5 Å². The van der Waals surface area contributed by atoms with E-state index in [1.54, 1.807) is 43.2 Å². The minimum Gasteiger partial charge on any atom is -0.497 e. The molecular weight excluding hydrogens is 518 g/mol. The van der Waals surface area contributed by atoms with E-state index >= 15 is 0 Å². The predicted octanol–water partition coefficient (Wildman–Crippen LogP) is 4.12. The summed E-state index contributed by atoms with van der Waals surface area (Å²) in [5.74, 6) is 0.816. The number of benzene rings is 2. The Morgan fingerprint density at radius 3 is 2.28 bits per heavy atom. The second-order valence-corrected chi connectivity index (χ2v) is 11.9. The Labute approximate surface area is 232 Å². The van der Waals surface area contributed by atoms with Gasteiger partial charge in [-0.1, -0.05) is 37.5 Å². The summed E-state index contributed by atoms with van der Waals surface area (Å²) >= 11 is 0. The van der Waals surface area contributed by atoms with Crippen LogP contribution >= 0.6 is 0 Å². The van der Waals surface area contributed by atoms with Gasteiger partial charge >= 0.3 is 0 Å². The van der Waals surface area contributed by atoms with Crippen molar-refractivity contribution in [1.82, 2.24) is 10.2 Å². The summed E-state index contributed by atoms with van der Waals surface area (Å²) in [5.41, 5.74) is 1.31. The zero-order valence-corrected chi connectivity index (χ0v) is 24.2. The lowest BCUT2D eigenvalue weighted by molar-refractivity contribution is -0.141. The fourth-order valence-electron chi connectivity index (χ4n) is 4.89. The molecule has 0 saturated heterocycles. The lowest BCUT2D eigenvalue weighted by Crippen LogP contribution is -2.50. The van der Waals surface area contributed by atoms with Crippen molar-refractivity contribution in [2.75, 3.05) is 31.3 Å². The molecule has 3 rings (SSSR count). The number of carbonyl (C=O) groups is 2. The number of amides is 2. The summed E-state index contributed by atoms with van der Waals surface area (Å²) in [6.45, 7) is 2.10. The maximum atomic E-state index is 13.5. The molecule has 1 saturated carbocycles. The number of hydrogen-bond acceptors (Lipinski definition) is 6. The van der Waals surface area contributed by atoms with E-state index in [1.165, 1.54) is 17.8 Å².